The lowest BCUT2D eigenvalue weighted by Gasteiger charge is -2.29. The van der Waals surface area contributed by atoms with E-state index in [1.54, 1.807) is 0 Å². The normalized spacial score (nSPS) is 24.1. The second-order valence-electron chi connectivity index (χ2n) is 5.35. The van der Waals surface area contributed by atoms with Crippen LogP contribution in [0.5, 0.6) is 0 Å². The number of rotatable bonds is 5. The Morgan fingerprint density at radius 2 is 2.11 bits per heavy atom. The predicted molar refractivity (Wildman–Crippen MR) is 75.9 cm³/mol. The van der Waals surface area contributed by atoms with Gasteiger partial charge in [-0.05, 0) is 56.7 Å². The number of aryl methyl sites for hydroxylation is 1. The molecule has 1 aliphatic carbocycles. The molecule has 0 radical (unpaired) electrons. The summed E-state index contributed by atoms with van der Waals surface area (Å²) in [7, 11) is 1.83. The maximum Gasteiger partial charge on any atom is 0.0586 e. The van der Waals surface area contributed by atoms with Crippen LogP contribution >= 0.6 is 0 Å². The summed E-state index contributed by atoms with van der Waals surface area (Å²) in [5, 5.41) is 3.68. The first kappa shape index (κ1) is 13.6. The van der Waals surface area contributed by atoms with E-state index in [4.69, 9.17) is 4.74 Å². The molecule has 2 unspecified atom stereocenters. The van der Waals surface area contributed by atoms with Crippen LogP contribution in [0.3, 0.4) is 0 Å². The van der Waals surface area contributed by atoms with Crippen molar-refractivity contribution in [2.45, 2.75) is 51.2 Å². The minimum Gasteiger partial charge on any atom is -0.381 e. The molecule has 2 atom stereocenters. The van der Waals surface area contributed by atoms with Gasteiger partial charge in [0.05, 0.1) is 6.10 Å². The van der Waals surface area contributed by atoms with E-state index in [9.17, 15) is 0 Å². The lowest BCUT2D eigenvalue weighted by Crippen LogP contribution is -2.37. The largest absolute Gasteiger partial charge is 0.381 e. The van der Waals surface area contributed by atoms with Gasteiger partial charge in [0.15, 0.2) is 0 Å². The summed E-state index contributed by atoms with van der Waals surface area (Å²) in [6, 6.07) is 9.31. The zero-order valence-corrected chi connectivity index (χ0v) is 11.6. The fourth-order valence-corrected chi connectivity index (χ4v) is 2.85. The second kappa shape index (κ2) is 6.91. The zero-order chi connectivity index (χ0) is 12.8. The summed E-state index contributed by atoms with van der Waals surface area (Å²) in [4.78, 5) is 0. The molecule has 2 heteroatoms. The third-order valence-electron chi connectivity index (χ3n) is 4.05. The fraction of sp³-hybridized carbons (Fsp3) is 0.625. The number of benzene rings is 1. The summed E-state index contributed by atoms with van der Waals surface area (Å²) in [5.41, 5.74) is 2.86. The first-order chi connectivity index (χ1) is 8.79. The molecule has 0 heterocycles. The van der Waals surface area contributed by atoms with Crippen molar-refractivity contribution in [2.24, 2.45) is 0 Å². The van der Waals surface area contributed by atoms with Crippen molar-refractivity contribution in [1.29, 1.82) is 0 Å². The molecule has 1 aromatic carbocycles. The smallest absolute Gasteiger partial charge is 0.0586 e. The summed E-state index contributed by atoms with van der Waals surface area (Å²) in [5.74, 6) is 0. The third-order valence-corrected chi connectivity index (χ3v) is 4.05. The van der Waals surface area contributed by atoms with Gasteiger partial charge in [0, 0.05) is 13.2 Å². The van der Waals surface area contributed by atoms with E-state index in [0.29, 0.717) is 12.1 Å². The van der Waals surface area contributed by atoms with E-state index >= 15 is 0 Å². The Bertz CT molecular complexity index is 364. The fourth-order valence-electron chi connectivity index (χ4n) is 2.85. The van der Waals surface area contributed by atoms with E-state index in [0.717, 1.165) is 13.0 Å². The molecule has 18 heavy (non-hydrogen) atoms. The Morgan fingerprint density at radius 1 is 1.28 bits per heavy atom. The molecule has 0 aromatic heterocycles. The van der Waals surface area contributed by atoms with E-state index in [2.05, 4.69) is 36.5 Å². The second-order valence-corrected chi connectivity index (χ2v) is 5.35. The van der Waals surface area contributed by atoms with Crippen LogP contribution in [-0.2, 0) is 11.2 Å². The average Bonchev–Trinajstić information content (AvgIpc) is 2.41. The van der Waals surface area contributed by atoms with Crippen molar-refractivity contribution < 1.29 is 4.74 Å². The van der Waals surface area contributed by atoms with Crippen LogP contribution in [0.4, 0.5) is 0 Å². The topological polar surface area (TPSA) is 21.3 Å². The van der Waals surface area contributed by atoms with Crippen LogP contribution in [0.2, 0.25) is 0 Å². The highest BCUT2D eigenvalue weighted by atomic mass is 16.5. The molecule has 0 amide bonds. The van der Waals surface area contributed by atoms with Crippen molar-refractivity contribution in [3.63, 3.8) is 0 Å². The number of hydrogen-bond donors (Lipinski definition) is 1. The van der Waals surface area contributed by atoms with Gasteiger partial charge in [-0.15, -0.1) is 0 Å². The van der Waals surface area contributed by atoms with Crippen molar-refractivity contribution >= 4 is 0 Å². The molecule has 0 aliphatic heterocycles. The lowest BCUT2D eigenvalue weighted by molar-refractivity contribution is 0.0590. The minimum atomic E-state index is 0.467. The van der Waals surface area contributed by atoms with Crippen LogP contribution in [0.25, 0.3) is 0 Å². The Hall–Kier alpha value is -0.860. The Kier molecular flexibility index (Phi) is 5.21. The van der Waals surface area contributed by atoms with Crippen molar-refractivity contribution in [3.05, 3.63) is 35.4 Å². The minimum absolute atomic E-state index is 0.467. The van der Waals surface area contributed by atoms with E-state index < -0.39 is 0 Å². The van der Waals surface area contributed by atoms with E-state index in [1.165, 1.54) is 36.8 Å². The van der Waals surface area contributed by atoms with Gasteiger partial charge in [0.2, 0.25) is 0 Å². The molecule has 1 fully saturated rings. The number of methoxy groups -OCH3 is 1. The van der Waals surface area contributed by atoms with Gasteiger partial charge in [0.1, 0.15) is 0 Å². The van der Waals surface area contributed by atoms with Crippen molar-refractivity contribution in [2.75, 3.05) is 13.7 Å². The van der Waals surface area contributed by atoms with Gasteiger partial charge in [-0.2, -0.15) is 0 Å². The molecule has 1 saturated carbocycles. The number of hydrogen-bond acceptors (Lipinski definition) is 2. The average molecular weight is 247 g/mol. The van der Waals surface area contributed by atoms with Crippen LogP contribution in [0.1, 0.15) is 36.8 Å². The molecule has 1 aromatic rings. The van der Waals surface area contributed by atoms with Gasteiger partial charge in [0.25, 0.3) is 0 Å². The first-order valence-electron chi connectivity index (χ1n) is 7.10. The highest BCUT2D eigenvalue weighted by molar-refractivity contribution is 5.25. The monoisotopic (exact) mass is 247 g/mol. The summed E-state index contributed by atoms with van der Waals surface area (Å²) >= 11 is 0. The molecule has 100 valence electrons. The zero-order valence-electron chi connectivity index (χ0n) is 11.6. The first-order valence-corrected chi connectivity index (χ1v) is 7.10. The van der Waals surface area contributed by atoms with Gasteiger partial charge < -0.3 is 10.1 Å². The van der Waals surface area contributed by atoms with Crippen molar-refractivity contribution in [3.8, 4) is 0 Å². The molecule has 2 rings (SSSR count). The maximum atomic E-state index is 5.47. The Labute approximate surface area is 111 Å². The van der Waals surface area contributed by atoms with Gasteiger partial charge in [-0.25, -0.2) is 0 Å². The standard InChI is InChI=1S/C16H25NO/c1-13-6-3-4-7-14(13)10-11-17-15-8-5-9-16(12-15)18-2/h3-4,6-7,15-17H,5,8-12H2,1-2H3. The van der Waals surface area contributed by atoms with Crippen molar-refractivity contribution in [1.82, 2.24) is 5.32 Å². The molecule has 2 nitrogen and oxygen atoms in total. The van der Waals surface area contributed by atoms with Crippen LogP contribution in [0, 0.1) is 6.92 Å². The summed E-state index contributed by atoms with van der Waals surface area (Å²) < 4.78 is 5.47. The number of nitrogens with one attached hydrogen (secondary N) is 1. The predicted octanol–water partition coefficient (Wildman–Crippen LogP) is 3.08. The molecule has 0 saturated heterocycles. The van der Waals surface area contributed by atoms with Gasteiger partial charge in [-0.3, -0.25) is 0 Å². The molecule has 0 spiro atoms. The van der Waals surface area contributed by atoms with Crippen LogP contribution < -0.4 is 5.32 Å². The summed E-state index contributed by atoms with van der Waals surface area (Å²) in [6.07, 6.45) is 6.58. The molecular weight excluding hydrogens is 222 g/mol. The Balaban J connectivity index is 1.73. The highest BCUT2D eigenvalue weighted by Gasteiger charge is 2.20. The molecule has 1 aliphatic rings. The van der Waals surface area contributed by atoms with Crippen LogP contribution in [-0.4, -0.2) is 25.8 Å². The van der Waals surface area contributed by atoms with Crippen LogP contribution in [0.15, 0.2) is 24.3 Å². The lowest BCUT2D eigenvalue weighted by atomic mass is 9.92. The molecule has 1 N–H and O–H groups in total. The maximum absolute atomic E-state index is 5.47. The molecular formula is C16H25NO. The van der Waals surface area contributed by atoms with Gasteiger partial charge >= 0.3 is 0 Å². The van der Waals surface area contributed by atoms with E-state index in [1.807, 2.05) is 7.11 Å². The SMILES string of the molecule is COC1CCCC(NCCc2ccccc2C)C1. The van der Waals surface area contributed by atoms with E-state index in [-0.39, 0.29) is 0 Å². The van der Waals surface area contributed by atoms with Gasteiger partial charge in [-0.1, -0.05) is 24.3 Å². The summed E-state index contributed by atoms with van der Waals surface area (Å²) in [6.45, 7) is 3.27. The third kappa shape index (κ3) is 3.82. The Morgan fingerprint density at radius 3 is 2.89 bits per heavy atom. The quantitative estimate of drug-likeness (QED) is 0.863. The molecule has 0 bridgehead atoms. The highest BCUT2D eigenvalue weighted by Crippen LogP contribution is 2.20. The number of ether oxygens (including phenoxy) is 1.